The molecule has 0 saturated heterocycles. The van der Waals surface area contributed by atoms with E-state index in [-0.39, 0.29) is 19.5 Å². The molecule has 2 heterocycles. The minimum Gasteiger partial charge on any atom is -0.298 e. The van der Waals surface area contributed by atoms with E-state index in [1.807, 2.05) is 0 Å². The topological polar surface area (TPSA) is 59.9 Å². The largest absolute Gasteiger partial charge is 0.298 e. The maximum absolute atomic E-state index is 10.4. The summed E-state index contributed by atoms with van der Waals surface area (Å²) in [6.07, 6.45) is 4.44. The van der Waals surface area contributed by atoms with Crippen molar-refractivity contribution in [1.29, 1.82) is 0 Å². The van der Waals surface area contributed by atoms with Crippen LogP contribution in [0.5, 0.6) is 0 Å². The van der Waals surface area contributed by atoms with Gasteiger partial charge in [0.2, 0.25) is 0 Å². The third kappa shape index (κ3) is 3.11. The number of nitrogens with zero attached hydrogens (tertiary/aromatic N) is 2. The minimum absolute atomic E-state index is 0. The number of hydrogen-bond acceptors (Lipinski definition) is 4. The molecule has 17 heavy (non-hydrogen) atoms. The van der Waals surface area contributed by atoms with Gasteiger partial charge in [0, 0.05) is 43.0 Å². The number of carbonyl (C=O) groups is 2. The van der Waals surface area contributed by atoms with Gasteiger partial charge >= 0.3 is 0 Å². The Bertz CT molecular complexity index is 460. The predicted octanol–water partition coefficient (Wildman–Crippen LogP) is 1.77. The zero-order chi connectivity index (χ0) is 11.4. The number of aldehydes is 2. The molecular formula is C12H8N2O2Zn. The van der Waals surface area contributed by atoms with Crippen LogP contribution < -0.4 is 0 Å². The Balaban J connectivity index is 0.00000144. The summed E-state index contributed by atoms with van der Waals surface area (Å²) >= 11 is 0. The SMILES string of the molecule is O=Cc1ccc(-c2ccc(C=O)cn2)nc1.[Zn]. The molecule has 0 unspecified atom stereocenters. The summed E-state index contributed by atoms with van der Waals surface area (Å²) in [5.74, 6) is 0. The molecule has 0 bridgehead atoms. The average molecular weight is 278 g/mol. The van der Waals surface area contributed by atoms with Crippen LogP contribution >= 0.6 is 0 Å². The molecular weight excluding hydrogens is 270 g/mol. The fourth-order valence-corrected chi connectivity index (χ4v) is 1.25. The van der Waals surface area contributed by atoms with Gasteiger partial charge in [0.05, 0.1) is 11.4 Å². The smallest absolute Gasteiger partial charge is 0.151 e. The molecule has 0 aliphatic rings. The molecule has 0 amide bonds. The molecule has 0 N–H and O–H groups in total. The molecule has 0 radical (unpaired) electrons. The summed E-state index contributed by atoms with van der Waals surface area (Å²) < 4.78 is 0. The number of pyridine rings is 2. The Kier molecular flexibility index (Phi) is 4.79. The first-order chi connectivity index (χ1) is 7.83. The van der Waals surface area contributed by atoms with Crippen molar-refractivity contribution in [3.63, 3.8) is 0 Å². The Morgan fingerprint density at radius 1 is 0.765 bits per heavy atom. The third-order valence-electron chi connectivity index (χ3n) is 2.11. The molecule has 0 aliphatic heterocycles. The quantitative estimate of drug-likeness (QED) is 0.634. The van der Waals surface area contributed by atoms with Crippen molar-refractivity contribution in [3.05, 3.63) is 47.8 Å². The summed E-state index contributed by atoms with van der Waals surface area (Å²) in [5.41, 5.74) is 2.38. The predicted molar refractivity (Wildman–Crippen MR) is 58.2 cm³/mol. The van der Waals surface area contributed by atoms with Crippen molar-refractivity contribution in [1.82, 2.24) is 9.97 Å². The van der Waals surface area contributed by atoms with Crippen LogP contribution in [0, 0.1) is 0 Å². The fourth-order valence-electron chi connectivity index (χ4n) is 1.25. The fraction of sp³-hybridized carbons (Fsp3) is 0. The van der Waals surface area contributed by atoms with Crippen molar-refractivity contribution in [2.24, 2.45) is 0 Å². The van der Waals surface area contributed by atoms with Crippen LogP contribution in [0.1, 0.15) is 20.7 Å². The van der Waals surface area contributed by atoms with Gasteiger partial charge in [0.1, 0.15) is 0 Å². The monoisotopic (exact) mass is 276 g/mol. The minimum atomic E-state index is 0. The van der Waals surface area contributed by atoms with Crippen molar-refractivity contribution in [2.45, 2.75) is 0 Å². The van der Waals surface area contributed by atoms with Gasteiger partial charge in [-0.3, -0.25) is 19.6 Å². The molecule has 0 aromatic carbocycles. The Hall–Kier alpha value is -1.74. The molecule has 5 heteroatoms. The van der Waals surface area contributed by atoms with E-state index < -0.39 is 0 Å². The van der Waals surface area contributed by atoms with Crippen molar-refractivity contribution >= 4 is 12.6 Å². The van der Waals surface area contributed by atoms with Gasteiger partial charge in [-0.1, -0.05) is 0 Å². The van der Waals surface area contributed by atoms with E-state index in [2.05, 4.69) is 9.97 Å². The number of rotatable bonds is 3. The standard InChI is InChI=1S/C12H8N2O2.Zn/c15-7-9-1-3-11(13-5-9)12-4-2-10(8-16)6-14-12;/h1-8H;. The van der Waals surface area contributed by atoms with E-state index in [0.29, 0.717) is 22.5 Å². The van der Waals surface area contributed by atoms with Gasteiger partial charge in [-0.05, 0) is 24.3 Å². The molecule has 0 fully saturated rings. The summed E-state index contributed by atoms with van der Waals surface area (Å²) in [5, 5.41) is 0. The molecule has 0 aliphatic carbocycles. The molecule has 0 saturated carbocycles. The van der Waals surface area contributed by atoms with Crippen LogP contribution in [0.25, 0.3) is 11.4 Å². The normalized spacial score (nSPS) is 9.18. The van der Waals surface area contributed by atoms with Crippen LogP contribution in [-0.2, 0) is 19.5 Å². The van der Waals surface area contributed by atoms with E-state index in [1.165, 1.54) is 12.4 Å². The molecule has 80 valence electrons. The van der Waals surface area contributed by atoms with Gasteiger partial charge in [0.15, 0.2) is 12.6 Å². The molecule has 0 atom stereocenters. The van der Waals surface area contributed by atoms with E-state index in [0.717, 1.165) is 12.6 Å². The Morgan fingerprint density at radius 3 is 1.41 bits per heavy atom. The maximum atomic E-state index is 10.4. The van der Waals surface area contributed by atoms with Crippen LogP contribution in [0.15, 0.2) is 36.7 Å². The van der Waals surface area contributed by atoms with Crippen LogP contribution in [0.2, 0.25) is 0 Å². The van der Waals surface area contributed by atoms with Crippen molar-refractivity contribution < 1.29 is 29.1 Å². The van der Waals surface area contributed by atoms with Gasteiger partial charge in [0.25, 0.3) is 0 Å². The van der Waals surface area contributed by atoms with Gasteiger partial charge in [-0.25, -0.2) is 0 Å². The van der Waals surface area contributed by atoms with Gasteiger partial charge in [-0.15, -0.1) is 0 Å². The molecule has 0 spiro atoms. The van der Waals surface area contributed by atoms with Gasteiger partial charge < -0.3 is 0 Å². The first-order valence-corrected chi connectivity index (χ1v) is 4.66. The third-order valence-corrected chi connectivity index (χ3v) is 2.11. The van der Waals surface area contributed by atoms with Crippen LogP contribution in [-0.4, -0.2) is 22.5 Å². The van der Waals surface area contributed by atoms with Gasteiger partial charge in [-0.2, -0.15) is 0 Å². The second kappa shape index (κ2) is 6.11. The summed E-state index contributed by atoms with van der Waals surface area (Å²) in [7, 11) is 0. The van der Waals surface area contributed by atoms with Crippen molar-refractivity contribution in [2.75, 3.05) is 0 Å². The second-order valence-corrected chi connectivity index (χ2v) is 3.19. The van der Waals surface area contributed by atoms with Crippen LogP contribution in [0.3, 0.4) is 0 Å². The molecule has 2 aromatic heterocycles. The van der Waals surface area contributed by atoms with E-state index in [4.69, 9.17) is 0 Å². The number of carbonyl (C=O) groups excluding carboxylic acids is 2. The first-order valence-electron chi connectivity index (χ1n) is 4.66. The second-order valence-electron chi connectivity index (χ2n) is 3.19. The van der Waals surface area contributed by atoms with E-state index in [1.54, 1.807) is 24.3 Å². The maximum Gasteiger partial charge on any atom is 0.151 e. The number of aromatic nitrogens is 2. The van der Waals surface area contributed by atoms with Crippen LogP contribution in [0.4, 0.5) is 0 Å². The Labute approximate surface area is 111 Å². The zero-order valence-electron chi connectivity index (χ0n) is 9.04. The number of hydrogen-bond donors (Lipinski definition) is 0. The Morgan fingerprint density at radius 2 is 1.18 bits per heavy atom. The van der Waals surface area contributed by atoms with Crippen molar-refractivity contribution in [3.8, 4) is 11.4 Å². The molecule has 2 rings (SSSR count). The first kappa shape index (κ1) is 13.3. The zero-order valence-corrected chi connectivity index (χ0v) is 12.0. The summed E-state index contributed by atoms with van der Waals surface area (Å²) in [6.45, 7) is 0. The van der Waals surface area contributed by atoms with E-state index >= 15 is 0 Å². The van der Waals surface area contributed by atoms with E-state index in [9.17, 15) is 9.59 Å². The molecule has 4 nitrogen and oxygen atoms in total. The summed E-state index contributed by atoms with van der Waals surface area (Å²) in [4.78, 5) is 29.1. The average Bonchev–Trinajstić information content (AvgIpc) is 2.39. The molecule has 2 aromatic rings. The summed E-state index contributed by atoms with van der Waals surface area (Å²) in [6, 6.07) is 6.77.